The lowest BCUT2D eigenvalue weighted by atomic mass is 9.99. The van der Waals surface area contributed by atoms with E-state index in [1.54, 1.807) is 0 Å². The molecule has 4 rings (SSSR count). The first-order valence-electron chi connectivity index (χ1n) is 8.57. The number of carbonyl (C=O) groups is 1. The second-order valence-electron chi connectivity index (χ2n) is 7.15. The molecular formula is C18H23ClN2O2. The Morgan fingerprint density at radius 3 is 3.00 bits per heavy atom. The molecular weight excluding hydrogens is 312 g/mol. The lowest BCUT2D eigenvalue weighted by Crippen LogP contribution is -2.45. The van der Waals surface area contributed by atoms with Gasteiger partial charge in [0.15, 0.2) is 0 Å². The second kappa shape index (κ2) is 6.42. The van der Waals surface area contributed by atoms with E-state index in [0.29, 0.717) is 0 Å². The zero-order valence-electron chi connectivity index (χ0n) is 13.2. The van der Waals surface area contributed by atoms with Crippen LogP contribution in [0.2, 0.25) is 5.02 Å². The van der Waals surface area contributed by atoms with Crippen molar-refractivity contribution >= 4 is 17.5 Å². The minimum Gasteiger partial charge on any atom is -0.371 e. The van der Waals surface area contributed by atoms with Crippen LogP contribution in [0.3, 0.4) is 0 Å². The number of fused-ring (bicyclic) bond motifs is 2. The first-order valence-corrected chi connectivity index (χ1v) is 8.95. The van der Waals surface area contributed by atoms with Crippen molar-refractivity contribution in [1.29, 1.82) is 0 Å². The van der Waals surface area contributed by atoms with Gasteiger partial charge in [-0.2, -0.15) is 0 Å². The molecule has 3 aliphatic rings. The number of morpholine rings is 1. The summed E-state index contributed by atoms with van der Waals surface area (Å²) in [6.45, 7) is 3.44. The molecule has 2 aliphatic heterocycles. The van der Waals surface area contributed by atoms with Crippen LogP contribution in [0, 0.1) is 11.8 Å². The van der Waals surface area contributed by atoms with Gasteiger partial charge < -0.3 is 10.1 Å². The zero-order chi connectivity index (χ0) is 15.8. The van der Waals surface area contributed by atoms with Crippen LogP contribution in [-0.4, -0.2) is 42.6 Å². The quantitative estimate of drug-likeness (QED) is 0.899. The Balaban J connectivity index is 1.35. The molecule has 5 heteroatoms. The van der Waals surface area contributed by atoms with Gasteiger partial charge in [0.2, 0.25) is 5.91 Å². The van der Waals surface area contributed by atoms with Gasteiger partial charge in [-0.05, 0) is 42.9 Å². The fourth-order valence-electron chi connectivity index (χ4n) is 3.73. The van der Waals surface area contributed by atoms with Crippen LogP contribution >= 0.6 is 11.6 Å². The van der Waals surface area contributed by atoms with Crippen molar-refractivity contribution in [3.8, 4) is 0 Å². The lowest BCUT2D eigenvalue weighted by molar-refractivity contribution is -0.128. The summed E-state index contributed by atoms with van der Waals surface area (Å²) in [6.07, 6.45) is 3.60. The summed E-state index contributed by atoms with van der Waals surface area (Å²) in [5, 5.41) is 3.89. The molecule has 0 aromatic heterocycles. The van der Waals surface area contributed by atoms with Crippen molar-refractivity contribution < 1.29 is 9.53 Å². The van der Waals surface area contributed by atoms with Gasteiger partial charge >= 0.3 is 0 Å². The minimum absolute atomic E-state index is 0.0168. The lowest BCUT2D eigenvalue weighted by Gasteiger charge is -2.32. The number of nitrogens with zero attached hydrogens (tertiary/aromatic N) is 1. The van der Waals surface area contributed by atoms with Crippen LogP contribution in [0.25, 0.3) is 0 Å². The van der Waals surface area contributed by atoms with Gasteiger partial charge in [-0.1, -0.05) is 23.7 Å². The molecule has 1 aromatic carbocycles. The molecule has 124 valence electrons. The normalized spacial score (nSPS) is 30.4. The molecule has 3 atom stereocenters. The predicted octanol–water partition coefficient (Wildman–Crippen LogP) is 2.46. The maximum absolute atomic E-state index is 12.4. The van der Waals surface area contributed by atoms with E-state index in [1.165, 1.54) is 18.4 Å². The van der Waals surface area contributed by atoms with E-state index in [9.17, 15) is 4.79 Å². The molecule has 1 aliphatic carbocycles. The molecule has 23 heavy (non-hydrogen) atoms. The molecule has 4 nitrogen and oxygen atoms in total. The molecule has 1 aromatic rings. The highest BCUT2D eigenvalue weighted by Gasteiger charge is 2.44. The third-order valence-corrected chi connectivity index (χ3v) is 5.36. The molecule has 2 heterocycles. The summed E-state index contributed by atoms with van der Waals surface area (Å²) in [5.74, 6) is 0.928. The van der Waals surface area contributed by atoms with E-state index >= 15 is 0 Å². The molecule has 1 saturated carbocycles. The fraction of sp³-hybridized carbons (Fsp3) is 0.611. The highest BCUT2D eigenvalue weighted by Crippen LogP contribution is 2.33. The number of benzene rings is 1. The van der Waals surface area contributed by atoms with E-state index in [-0.39, 0.29) is 24.0 Å². The van der Waals surface area contributed by atoms with Crippen molar-refractivity contribution in [3.63, 3.8) is 0 Å². The number of rotatable bonds is 5. The molecule has 2 saturated heterocycles. The summed E-state index contributed by atoms with van der Waals surface area (Å²) in [7, 11) is 0. The van der Waals surface area contributed by atoms with Gasteiger partial charge in [-0.3, -0.25) is 9.69 Å². The topological polar surface area (TPSA) is 41.6 Å². The van der Waals surface area contributed by atoms with Crippen molar-refractivity contribution in [1.82, 2.24) is 10.2 Å². The van der Waals surface area contributed by atoms with Crippen molar-refractivity contribution in [2.24, 2.45) is 11.8 Å². The molecule has 1 N–H and O–H groups in total. The van der Waals surface area contributed by atoms with Crippen LogP contribution < -0.4 is 5.32 Å². The van der Waals surface area contributed by atoms with Crippen molar-refractivity contribution in [3.05, 3.63) is 34.9 Å². The van der Waals surface area contributed by atoms with Gasteiger partial charge in [0.25, 0.3) is 0 Å². The summed E-state index contributed by atoms with van der Waals surface area (Å²) < 4.78 is 6.02. The molecule has 2 bridgehead atoms. The van der Waals surface area contributed by atoms with Crippen LogP contribution in [-0.2, 0) is 16.1 Å². The van der Waals surface area contributed by atoms with Crippen LogP contribution in [0.15, 0.2) is 24.3 Å². The number of nitrogens with one attached hydrogen (secondary N) is 1. The van der Waals surface area contributed by atoms with E-state index in [0.717, 1.165) is 43.5 Å². The molecule has 3 fully saturated rings. The van der Waals surface area contributed by atoms with Gasteiger partial charge in [0.1, 0.15) is 0 Å². The second-order valence-corrected chi connectivity index (χ2v) is 7.59. The number of hydrogen-bond acceptors (Lipinski definition) is 3. The molecule has 1 amide bonds. The number of halogens is 1. The van der Waals surface area contributed by atoms with Gasteiger partial charge in [0, 0.05) is 31.2 Å². The van der Waals surface area contributed by atoms with Gasteiger partial charge in [-0.15, -0.1) is 0 Å². The van der Waals surface area contributed by atoms with Crippen LogP contribution in [0.4, 0.5) is 0 Å². The van der Waals surface area contributed by atoms with E-state index in [2.05, 4.69) is 16.3 Å². The number of likely N-dealkylation sites (tertiary alicyclic amines) is 1. The third-order valence-electron chi connectivity index (χ3n) is 5.13. The standard InChI is InChI=1S/C18H23ClN2O2/c19-14-3-1-2-13(6-14)9-21-10-15-7-16(17(11-21)23-15)18(22)20-8-12-4-5-12/h1-3,6,12,15-17H,4-5,7-11H2,(H,20,22)/t15-,16-,17+/m0/s1. The molecule has 0 radical (unpaired) electrons. The third kappa shape index (κ3) is 3.70. The average Bonchev–Trinajstić information content (AvgIpc) is 3.29. The number of ether oxygens (including phenoxy) is 1. The highest BCUT2D eigenvalue weighted by atomic mass is 35.5. The Morgan fingerprint density at radius 2 is 2.22 bits per heavy atom. The smallest absolute Gasteiger partial charge is 0.225 e. The first-order chi connectivity index (χ1) is 11.2. The Bertz CT molecular complexity index is 590. The van der Waals surface area contributed by atoms with Crippen LogP contribution in [0.5, 0.6) is 0 Å². The largest absolute Gasteiger partial charge is 0.371 e. The summed E-state index contributed by atoms with van der Waals surface area (Å²) in [5.41, 5.74) is 1.22. The van der Waals surface area contributed by atoms with Crippen molar-refractivity contribution in [2.45, 2.75) is 38.0 Å². The zero-order valence-corrected chi connectivity index (χ0v) is 14.0. The Morgan fingerprint density at radius 1 is 1.35 bits per heavy atom. The highest BCUT2D eigenvalue weighted by molar-refractivity contribution is 6.30. The average molecular weight is 335 g/mol. The van der Waals surface area contributed by atoms with E-state index in [1.807, 2.05) is 18.2 Å². The van der Waals surface area contributed by atoms with Crippen LogP contribution in [0.1, 0.15) is 24.8 Å². The Kier molecular flexibility index (Phi) is 4.31. The maximum atomic E-state index is 12.4. The fourth-order valence-corrected chi connectivity index (χ4v) is 3.95. The first kappa shape index (κ1) is 15.4. The van der Waals surface area contributed by atoms with E-state index in [4.69, 9.17) is 16.3 Å². The predicted molar refractivity (Wildman–Crippen MR) is 89.2 cm³/mol. The summed E-state index contributed by atoms with van der Waals surface area (Å²) >= 11 is 6.07. The molecule has 0 spiro atoms. The van der Waals surface area contributed by atoms with Crippen molar-refractivity contribution in [2.75, 3.05) is 19.6 Å². The summed E-state index contributed by atoms with van der Waals surface area (Å²) in [4.78, 5) is 14.8. The summed E-state index contributed by atoms with van der Waals surface area (Å²) in [6, 6.07) is 8.00. The Labute approximate surface area is 142 Å². The number of carbonyl (C=O) groups excluding carboxylic acids is 1. The SMILES string of the molecule is O=C(NCC1CC1)[C@H]1C[C@H]2CN(Cc3cccc(Cl)c3)C[C@H]1O2. The maximum Gasteiger partial charge on any atom is 0.225 e. The number of amides is 1. The van der Waals surface area contributed by atoms with Gasteiger partial charge in [0.05, 0.1) is 18.1 Å². The molecule has 0 unspecified atom stereocenters. The van der Waals surface area contributed by atoms with Gasteiger partial charge in [-0.25, -0.2) is 0 Å². The monoisotopic (exact) mass is 334 g/mol. The van der Waals surface area contributed by atoms with E-state index < -0.39 is 0 Å². The minimum atomic E-state index is 0.0168. The Hall–Kier alpha value is -1.10. The number of hydrogen-bond donors (Lipinski definition) is 1.